The van der Waals surface area contributed by atoms with E-state index in [1.807, 2.05) is 18.5 Å². The van der Waals surface area contributed by atoms with Gasteiger partial charge in [0.05, 0.1) is 5.75 Å². The number of hydrogen-bond donors (Lipinski definition) is 0. The van der Waals surface area contributed by atoms with Gasteiger partial charge < -0.3 is 4.57 Å². The van der Waals surface area contributed by atoms with Crippen LogP contribution in [-0.4, -0.2) is 26.3 Å². The summed E-state index contributed by atoms with van der Waals surface area (Å²) in [6.45, 7) is 1.85. The maximum Gasteiger partial charge on any atom is 0.191 e. The average molecular weight is 265 g/mol. The Bertz CT molecular complexity index is 565. The molecule has 0 aliphatic heterocycles. The Morgan fingerprint density at radius 2 is 2.00 bits per heavy atom. The Morgan fingerprint density at radius 3 is 2.56 bits per heavy atom. The van der Waals surface area contributed by atoms with Crippen LogP contribution in [0.5, 0.6) is 0 Å². The van der Waals surface area contributed by atoms with E-state index in [2.05, 4.69) is 10.2 Å². The molecule has 0 atom stereocenters. The van der Waals surface area contributed by atoms with Crippen molar-refractivity contribution in [1.82, 2.24) is 14.8 Å². The SMILES string of the molecule is Cc1nnc(SCC(=O)c2ccc(F)cc2)n1C. The topological polar surface area (TPSA) is 47.8 Å². The van der Waals surface area contributed by atoms with E-state index in [0.717, 1.165) is 5.82 Å². The van der Waals surface area contributed by atoms with E-state index in [0.29, 0.717) is 10.7 Å². The Morgan fingerprint density at radius 1 is 1.33 bits per heavy atom. The van der Waals surface area contributed by atoms with Gasteiger partial charge in [0, 0.05) is 12.6 Å². The molecule has 0 unspecified atom stereocenters. The van der Waals surface area contributed by atoms with Crippen molar-refractivity contribution < 1.29 is 9.18 Å². The predicted octanol–water partition coefficient (Wildman–Crippen LogP) is 2.24. The van der Waals surface area contributed by atoms with E-state index in [1.165, 1.54) is 36.0 Å². The number of benzene rings is 1. The zero-order valence-corrected chi connectivity index (χ0v) is 10.9. The van der Waals surface area contributed by atoms with Crippen LogP contribution in [0.25, 0.3) is 0 Å². The molecular weight excluding hydrogens is 253 g/mol. The maximum atomic E-state index is 12.7. The fourth-order valence-electron chi connectivity index (χ4n) is 1.36. The first-order valence-corrected chi connectivity index (χ1v) is 6.34. The minimum Gasteiger partial charge on any atom is -0.309 e. The molecule has 0 spiro atoms. The maximum absolute atomic E-state index is 12.7. The van der Waals surface area contributed by atoms with Crippen LogP contribution in [0, 0.1) is 12.7 Å². The Balaban J connectivity index is 2.00. The van der Waals surface area contributed by atoms with Crippen LogP contribution in [0.15, 0.2) is 29.4 Å². The van der Waals surface area contributed by atoms with E-state index in [-0.39, 0.29) is 17.4 Å². The van der Waals surface area contributed by atoms with Crippen LogP contribution in [0.2, 0.25) is 0 Å². The van der Waals surface area contributed by atoms with Gasteiger partial charge in [0.1, 0.15) is 11.6 Å². The minimum atomic E-state index is -0.344. The molecular formula is C12H12FN3OS. The molecule has 94 valence electrons. The second kappa shape index (κ2) is 5.30. The van der Waals surface area contributed by atoms with Crippen LogP contribution in [-0.2, 0) is 7.05 Å². The second-order valence-corrected chi connectivity index (χ2v) is 4.75. The molecule has 1 aromatic heterocycles. The zero-order chi connectivity index (χ0) is 13.1. The average Bonchev–Trinajstić information content (AvgIpc) is 2.68. The third-order valence-corrected chi connectivity index (χ3v) is 3.57. The molecule has 0 aliphatic carbocycles. The van der Waals surface area contributed by atoms with Gasteiger partial charge >= 0.3 is 0 Å². The number of nitrogens with zero attached hydrogens (tertiary/aromatic N) is 3. The molecule has 2 aromatic rings. The molecule has 0 amide bonds. The molecule has 1 aromatic carbocycles. The summed E-state index contributed by atoms with van der Waals surface area (Å²) in [6, 6.07) is 5.54. The molecule has 0 fully saturated rings. The molecule has 2 rings (SSSR count). The molecule has 0 bridgehead atoms. The molecule has 6 heteroatoms. The number of thioether (sulfide) groups is 1. The van der Waals surface area contributed by atoms with Crippen molar-refractivity contribution in [2.75, 3.05) is 5.75 Å². The van der Waals surface area contributed by atoms with Crippen molar-refractivity contribution in [3.05, 3.63) is 41.5 Å². The summed E-state index contributed by atoms with van der Waals surface area (Å²) in [7, 11) is 1.85. The zero-order valence-electron chi connectivity index (χ0n) is 10.1. The number of halogens is 1. The number of Topliss-reactive ketones (excluding diaryl/α,β-unsaturated/α-hetero) is 1. The number of carbonyl (C=O) groups excluding carboxylic acids is 1. The van der Waals surface area contributed by atoms with Crippen LogP contribution in [0.3, 0.4) is 0 Å². The molecule has 0 aliphatic rings. The van der Waals surface area contributed by atoms with Gasteiger partial charge in [-0.1, -0.05) is 11.8 Å². The smallest absolute Gasteiger partial charge is 0.191 e. The highest BCUT2D eigenvalue weighted by Crippen LogP contribution is 2.17. The van der Waals surface area contributed by atoms with Crippen molar-refractivity contribution >= 4 is 17.5 Å². The van der Waals surface area contributed by atoms with E-state index < -0.39 is 0 Å². The van der Waals surface area contributed by atoms with E-state index in [9.17, 15) is 9.18 Å². The first-order chi connectivity index (χ1) is 8.58. The summed E-state index contributed by atoms with van der Waals surface area (Å²) in [5.74, 6) is 0.660. The molecule has 0 N–H and O–H groups in total. The van der Waals surface area contributed by atoms with E-state index in [4.69, 9.17) is 0 Å². The fraction of sp³-hybridized carbons (Fsp3) is 0.250. The summed E-state index contributed by atoms with van der Waals surface area (Å²) >= 11 is 1.32. The quantitative estimate of drug-likeness (QED) is 0.628. The lowest BCUT2D eigenvalue weighted by Gasteiger charge is -2.01. The molecule has 0 saturated carbocycles. The van der Waals surface area contributed by atoms with E-state index >= 15 is 0 Å². The van der Waals surface area contributed by atoms with Gasteiger partial charge in [-0.3, -0.25) is 4.79 Å². The van der Waals surface area contributed by atoms with Crippen LogP contribution in [0.4, 0.5) is 4.39 Å². The Hall–Kier alpha value is -1.69. The third kappa shape index (κ3) is 2.76. The van der Waals surface area contributed by atoms with Gasteiger partial charge in [0.25, 0.3) is 0 Å². The van der Waals surface area contributed by atoms with Gasteiger partial charge in [0.2, 0.25) is 0 Å². The lowest BCUT2D eigenvalue weighted by atomic mass is 10.1. The number of ketones is 1. The number of hydrogen-bond acceptors (Lipinski definition) is 4. The number of aromatic nitrogens is 3. The molecule has 1 heterocycles. The lowest BCUT2D eigenvalue weighted by Crippen LogP contribution is -2.04. The molecule has 0 saturated heterocycles. The van der Waals surface area contributed by atoms with Gasteiger partial charge in [0.15, 0.2) is 10.9 Å². The third-order valence-electron chi connectivity index (χ3n) is 2.55. The highest BCUT2D eigenvalue weighted by atomic mass is 32.2. The van der Waals surface area contributed by atoms with Gasteiger partial charge in [-0.15, -0.1) is 10.2 Å². The predicted molar refractivity (Wildman–Crippen MR) is 67.2 cm³/mol. The molecule has 18 heavy (non-hydrogen) atoms. The van der Waals surface area contributed by atoms with Gasteiger partial charge in [-0.05, 0) is 31.2 Å². The fourth-order valence-corrected chi connectivity index (χ4v) is 2.21. The van der Waals surface area contributed by atoms with Crippen molar-refractivity contribution in [3.63, 3.8) is 0 Å². The summed E-state index contributed by atoms with van der Waals surface area (Å²) in [5, 5.41) is 8.57. The number of carbonyl (C=O) groups is 1. The van der Waals surface area contributed by atoms with E-state index in [1.54, 1.807) is 0 Å². The van der Waals surface area contributed by atoms with Crippen molar-refractivity contribution in [1.29, 1.82) is 0 Å². The first kappa shape index (κ1) is 12.8. The first-order valence-electron chi connectivity index (χ1n) is 5.35. The largest absolute Gasteiger partial charge is 0.309 e. The van der Waals surface area contributed by atoms with Gasteiger partial charge in [-0.25, -0.2) is 4.39 Å². The van der Waals surface area contributed by atoms with Crippen molar-refractivity contribution in [2.24, 2.45) is 7.05 Å². The summed E-state index contributed by atoms with van der Waals surface area (Å²) < 4.78 is 14.5. The Kier molecular flexibility index (Phi) is 3.76. The highest BCUT2D eigenvalue weighted by molar-refractivity contribution is 7.99. The Labute approximate surface area is 108 Å². The number of rotatable bonds is 4. The van der Waals surface area contributed by atoms with Crippen LogP contribution < -0.4 is 0 Å². The van der Waals surface area contributed by atoms with Crippen LogP contribution in [0.1, 0.15) is 16.2 Å². The van der Waals surface area contributed by atoms with Crippen molar-refractivity contribution in [3.8, 4) is 0 Å². The normalized spacial score (nSPS) is 10.6. The summed E-state index contributed by atoms with van der Waals surface area (Å²) in [5.41, 5.74) is 0.503. The lowest BCUT2D eigenvalue weighted by molar-refractivity contribution is 0.102. The van der Waals surface area contributed by atoms with Crippen LogP contribution >= 0.6 is 11.8 Å². The number of aryl methyl sites for hydroxylation is 1. The summed E-state index contributed by atoms with van der Waals surface area (Å²) in [6.07, 6.45) is 0. The monoisotopic (exact) mass is 265 g/mol. The van der Waals surface area contributed by atoms with Crippen molar-refractivity contribution in [2.45, 2.75) is 12.1 Å². The minimum absolute atomic E-state index is 0.0550. The molecule has 4 nitrogen and oxygen atoms in total. The van der Waals surface area contributed by atoms with Gasteiger partial charge in [-0.2, -0.15) is 0 Å². The molecule has 0 radical (unpaired) electrons. The second-order valence-electron chi connectivity index (χ2n) is 3.81. The highest BCUT2D eigenvalue weighted by Gasteiger charge is 2.10. The summed E-state index contributed by atoms with van der Waals surface area (Å²) in [4.78, 5) is 11.8. The standard InChI is InChI=1S/C12H12FN3OS/c1-8-14-15-12(16(8)2)18-7-11(17)9-3-5-10(13)6-4-9/h3-6H,7H2,1-2H3.